The average molecular weight is 399 g/mol. The van der Waals surface area contributed by atoms with Crippen molar-refractivity contribution in [3.8, 4) is 0 Å². The van der Waals surface area contributed by atoms with Gasteiger partial charge in [0.2, 0.25) is 0 Å². The maximum atomic E-state index is 10.7. The Morgan fingerprint density at radius 1 is 0.917 bits per heavy atom. The Hall–Kier alpha value is -0.771. The molecule has 1 aromatic carbocycles. The molecule has 127 valence electrons. The monoisotopic (exact) mass is 399 g/mol. The van der Waals surface area contributed by atoms with Crippen LogP contribution in [0.2, 0.25) is 0 Å². The molecule has 1 unspecified atom stereocenters. The molecule has 24 heavy (non-hydrogen) atoms. The van der Waals surface area contributed by atoms with Crippen LogP contribution in [0.4, 0.5) is 0 Å². The second-order valence-corrected chi connectivity index (χ2v) is 10.4. The van der Waals surface area contributed by atoms with Crippen LogP contribution < -0.4 is 5.30 Å². The van der Waals surface area contributed by atoms with E-state index in [9.17, 15) is 4.57 Å². The van der Waals surface area contributed by atoms with Crippen LogP contribution >= 0.6 is 14.3 Å². The first kappa shape index (κ1) is 21.3. The van der Waals surface area contributed by atoms with Crippen molar-refractivity contribution in [3.05, 3.63) is 70.1 Å². The third-order valence-electron chi connectivity index (χ3n) is 3.82. The number of rotatable bonds is 1. The number of hydrogen-bond acceptors (Lipinski definition) is 1. The van der Waals surface area contributed by atoms with E-state index in [1.54, 1.807) is 13.8 Å². The van der Waals surface area contributed by atoms with E-state index in [-0.39, 0.29) is 17.1 Å². The molecular formula is C19H21FeO2P2. The van der Waals surface area contributed by atoms with Crippen LogP contribution in [0.15, 0.2) is 52.6 Å². The van der Waals surface area contributed by atoms with Gasteiger partial charge in [-0.1, -0.05) is 44.2 Å². The van der Waals surface area contributed by atoms with E-state index in [0.717, 1.165) is 11.1 Å². The zero-order valence-electron chi connectivity index (χ0n) is 14.5. The van der Waals surface area contributed by atoms with Crippen LogP contribution in [0.25, 0.3) is 0 Å². The van der Waals surface area contributed by atoms with Crippen molar-refractivity contribution in [1.29, 1.82) is 0 Å². The summed E-state index contributed by atoms with van der Waals surface area (Å²) in [5.41, 5.74) is 7.59. The fourth-order valence-electron chi connectivity index (χ4n) is 2.37. The van der Waals surface area contributed by atoms with Gasteiger partial charge in [0.25, 0.3) is 0 Å². The summed E-state index contributed by atoms with van der Waals surface area (Å²) in [4.78, 5) is 8.83. The molecule has 2 nitrogen and oxygen atoms in total. The van der Waals surface area contributed by atoms with Crippen molar-refractivity contribution >= 4 is 25.0 Å². The normalized spacial score (nSPS) is 23.6. The van der Waals surface area contributed by atoms with Crippen molar-refractivity contribution < 1.29 is 26.5 Å². The van der Waals surface area contributed by atoms with Gasteiger partial charge >= 0.3 is 17.1 Å². The maximum absolute atomic E-state index is 10.7. The molecular weight excluding hydrogens is 378 g/mol. The van der Waals surface area contributed by atoms with Crippen LogP contribution in [0.1, 0.15) is 27.7 Å². The van der Waals surface area contributed by atoms with Crippen molar-refractivity contribution in [3.63, 3.8) is 0 Å². The van der Waals surface area contributed by atoms with Gasteiger partial charge < -0.3 is 20.6 Å². The van der Waals surface area contributed by atoms with Crippen LogP contribution in [-0.4, -0.2) is 17.0 Å². The summed E-state index contributed by atoms with van der Waals surface area (Å²) in [6.45, 7) is 8.65. The van der Waals surface area contributed by atoms with Gasteiger partial charge in [-0.15, -0.1) is 20.7 Å². The Kier molecular flexibility index (Phi) is 7.15. The number of hydrogen-bond donors (Lipinski definition) is 1. The quantitative estimate of drug-likeness (QED) is 0.422. The van der Waals surface area contributed by atoms with Gasteiger partial charge in [0, 0.05) is 7.37 Å². The molecule has 2 aliphatic rings. The molecule has 1 N–H and O–H groups in total. The summed E-state index contributed by atoms with van der Waals surface area (Å²) in [5.74, 6) is 8.42. The fourth-order valence-corrected chi connectivity index (χ4v) is 6.43. The van der Waals surface area contributed by atoms with Crippen molar-refractivity contribution in [1.82, 2.24) is 0 Å². The smallest absolute Gasteiger partial charge is 0.367 e. The van der Waals surface area contributed by atoms with Crippen molar-refractivity contribution in [2.45, 2.75) is 27.7 Å². The average Bonchev–Trinajstić information content (AvgIpc) is 2.87. The van der Waals surface area contributed by atoms with Gasteiger partial charge in [0.1, 0.15) is 0 Å². The molecule has 0 aliphatic carbocycles. The third kappa shape index (κ3) is 5.11. The second-order valence-electron chi connectivity index (χ2n) is 5.87. The van der Waals surface area contributed by atoms with Crippen LogP contribution in [0, 0.1) is 17.5 Å². The maximum Gasteiger partial charge on any atom is 3.00 e. The molecule has 1 atom stereocenters. The molecule has 0 amide bonds. The minimum Gasteiger partial charge on any atom is -0.367 e. The SMILES string of the molecule is CC1=C=P(C)(c2ccccc2)[C-]=C1C.CC1=[C-]P(=O)(O)[C-]=C1C.[Fe+3]. The van der Waals surface area contributed by atoms with E-state index < -0.39 is 14.3 Å². The molecule has 0 bridgehead atoms. The minimum absolute atomic E-state index is 0. The van der Waals surface area contributed by atoms with E-state index in [1.165, 1.54) is 16.5 Å². The van der Waals surface area contributed by atoms with Gasteiger partial charge in [-0.05, 0) is 12.0 Å². The first-order valence-electron chi connectivity index (χ1n) is 7.36. The fraction of sp³-hybridized carbons (Fsp3) is 0.263. The zero-order chi connectivity index (χ0) is 17.3. The summed E-state index contributed by atoms with van der Waals surface area (Å²) in [6, 6.07) is 10.6. The van der Waals surface area contributed by atoms with Gasteiger partial charge in [0.05, 0.1) is 0 Å². The molecule has 2 aliphatic heterocycles. The van der Waals surface area contributed by atoms with Crippen LogP contribution in [-0.2, 0) is 21.6 Å². The summed E-state index contributed by atoms with van der Waals surface area (Å²) in [5, 5.41) is 1.37. The topological polar surface area (TPSA) is 37.3 Å². The van der Waals surface area contributed by atoms with Gasteiger partial charge in [0.15, 0.2) is 0 Å². The van der Waals surface area contributed by atoms with E-state index in [0.29, 0.717) is 0 Å². The zero-order valence-corrected chi connectivity index (χ0v) is 17.4. The van der Waals surface area contributed by atoms with E-state index in [4.69, 9.17) is 4.89 Å². The molecule has 3 rings (SSSR count). The Morgan fingerprint density at radius 2 is 1.42 bits per heavy atom. The molecule has 0 fully saturated rings. The van der Waals surface area contributed by atoms with E-state index in [2.05, 4.69) is 73.7 Å². The molecule has 1 radical (unpaired) electrons. The van der Waals surface area contributed by atoms with Crippen molar-refractivity contribution in [2.75, 3.05) is 6.66 Å². The van der Waals surface area contributed by atoms with Crippen LogP contribution in [0.3, 0.4) is 0 Å². The molecule has 2 heterocycles. The number of allylic oxidation sites excluding steroid dienone is 4. The molecule has 0 spiro atoms. The summed E-state index contributed by atoms with van der Waals surface area (Å²) >= 11 is 0. The number of benzene rings is 1. The Morgan fingerprint density at radius 3 is 1.75 bits per heavy atom. The molecule has 0 aromatic heterocycles. The van der Waals surface area contributed by atoms with Crippen molar-refractivity contribution in [2.24, 2.45) is 0 Å². The molecule has 0 saturated heterocycles. The predicted octanol–water partition coefficient (Wildman–Crippen LogP) is 4.71. The largest absolute Gasteiger partial charge is 3.00 e. The summed E-state index contributed by atoms with van der Waals surface area (Å²) < 4.78 is 10.7. The summed E-state index contributed by atoms with van der Waals surface area (Å²) in [7, 11) is -3.23. The van der Waals surface area contributed by atoms with Gasteiger partial charge in [-0.3, -0.25) is 11.6 Å². The first-order valence-corrected chi connectivity index (χ1v) is 11.3. The Labute approximate surface area is 156 Å². The third-order valence-corrected chi connectivity index (χ3v) is 7.99. The second kappa shape index (κ2) is 8.07. The minimum atomic E-state index is -3.23. The first-order chi connectivity index (χ1) is 10.6. The summed E-state index contributed by atoms with van der Waals surface area (Å²) in [6.07, 6.45) is 0. The van der Waals surface area contributed by atoms with E-state index >= 15 is 0 Å². The molecule has 1 aromatic rings. The predicted molar refractivity (Wildman–Crippen MR) is 100 cm³/mol. The van der Waals surface area contributed by atoms with Gasteiger partial charge in [-0.2, -0.15) is 5.57 Å². The van der Waals surface area contributed by atoms with Crippen LogP contribution in [0.5, 0.6) is 0 Å². The van der Waals surface area contributed by atoms with E-state index in [1.807, 2.05) is 0 Å². The Bertz CT molecular complexity index is 833. The molecule has 5 heteroatoms. The standard InChI is InChI=1S/C13H14P.C6H7O2P.Fe/c1-11-9-14(3,10-12(11)2)13-7-5-4-6-8-13;1-5-3-9(7,8)4-6(5)2;/h4-8H,1-3H3;1-2H3,(H,7,8);/q-1;-2;+3. The Balaban J connectivity index is 0.000000252. The van der Waals surface area contributed by atoms with Gasteiger partial charge in [-0.25, -0.2) is 16.8 Å². The molecule has 0 saturated carbocycles.